The molecule has 102 valence electrons. The van der Waals surface area contributed by atoms with E-state index in [1.165, 1.54) is 16.3 Å². The summed E-state index contributed by atoms with van der Waals surface area (Å²) in [5, 5.41) is 2.51. The average Bonchev–Trinajstić information content (AvgIpc) is 2.42. The van der Waals surface area contributed by atoms with Crippen LogP contribution in [0.15, 0.2) is 36.4 Å². The van der Waals surface area contributed by atoms with Crippen LogP contribution in [0.25, 0.3) is 10.8 Å². The Balaban J connectivity index is 2.39. The van der Waals surface area contributed by atoms with Gasteiger partial charge in [0.2, 0.25) is 0 Å². The van der Waals surface area contributed by atoms with Crippen LogP contribution in [0.4, 0.5) is 0 Å². The predicted octanol–water partition coefficient (Wildman–Crippen LogP) is 3.91. The Hall–Kier alpha value is -1.54. The fourth-order valence-electron chi connectivity index (χ4n) is 2.51. The van der Waals surface area contributed by atoms with Crippen LogP contribution in [-0.4, -0.2) is 12.6 Å². The maximum absolute atomic E-state index is 6.09. The van der Waals surface area contributed by atoms with Gasteiger partial charge in [0, 0.05) is 5.56 Å². The van der Waals surface area contributed by atoms with Gasteiger partial charge in [-0.25, -0.2) is 0 Å². The van der Waals surface area contributed by atoms with Crippen LogP contribution < -0.4 is 10.5 Å². The van der Waals surface area contributed by atoms with Crippen molar-refractivity contribution in [2.45, 2.75) is 39.2 Å². The number of rotatable bonds is 6. The minimum Gasteiger partial charge on any atom is -0.490 e. The van der Waals surface area contributed by atoms with Crippen molar-refractivity contribution in [3.8, 4) is 5.75 Å². The van der Waals surface area contributed by atoms with Crippen LogP contribution in [0.1, 0.15) is 32.3 Å². The van der Waals surface area contributed by atoms with Gasteiger partial charge in [-0.1, -0.05) is 43.7 Å². The summed E-state index contributed by atoms with van der Waals surface area (Å²) in [6, 6.07) is 12.6. The Morgan fingerprint density at radius 1 is 1.16 bits per heavy atom. The molecule has 0 spiro atoms. The molecule has 2 aromatic rings. The zero-order valence-electron chi connectivity index (χ0n) is 11.9. The predicted molar refractivity (Wildman–Crippen MR) is 81.7 cm³/mol. The standard InChI is InChI=1S/C17H23NO/c1-3-6-13(2)19-17-10-9-14-7-4-5-8-15(14)16(17)11-12-18/h4-5,7-10,13H,3,6,11-12,18H2,1-2H3. The van der Waals surface area contributed by atoms with E-state index < -0.39 is 0 Å². The second-order valence-electron chi connectivity index (χ2n) is 5.02. The number of hydrogen-bond acceptors (Lipinski definition) is 2. The van der Waals surface area contributed by atoms with E-state index in [0.29, 0.717) is 6.54 Å². The van der Waals surface area contributed by atoms with Gasteiger partial charge in [0.25, 0.3) is 0 Å². The monoisotopic (exact) mass is 257 g/mol. The largest absolute Gasteiger partial charge is 0.490 e. The molecule has 2 aromatic carbocycles. The summed E-state index contributed by atoms with van der Waals surface area (Å²) in [4.78, 5) is 0. The molecule has 2 heteroatoms. The van der Waals surface area contributed by atoms with Gasteiger partial charge in [0.1, 0.15) is 5.75 Å². The topological polar surface area (TPSA) is 35.2 Å². The second-order valence-corrected chi connectivity index (χ2v) is 5.02. The van der Waals surface area contributed by atoms with E-state index in [4.69, 9.17) is 10.5 Å². The second kappa shape index (κ2) is 6.58. The molecule has 19 heavy (non-hydrogen) atoms. The smallest absolute Gasteiger partial charge is 0.123 e. The molecule has 0 heterocycles. The van der Waals surface area contributed by atoms with Crippen molar-refractivity contribution in [2.24, 2.45) is 5.73 Å². The molecule has 0 aliphatic rings. The number of fused-ring (bicyclic) bond motifs is 1. The van der Waals surface area contributed by atoms with E-state index in [1.54, 1.807) is 0 Å². The first kappa shape index (κ1) is 13.9. The van der Waals surface area contributed by atoms with E-state index in [1.807, 2.05) is 0 Å². The van der Waals surface area contributed by atoms with E-state index in [9.17, 15) is 0 Å². The summed E-state index contributed by atoms with van der Waals surface area (Å²) >= 11 is 0. The van der Waals surface area contributed by atoms with E-state index >= 15 is 0 Å². The van der Waals surface area contributed by atoms with Crippen LogP contribution in [0.5, 0.6) is 5.75 Å². The fraction of sp³-hybridized carbons (Fsp3) is 0.412. The van der Waals surface area contributed by atoms with Crippen molar-refractivity contribution >= 4 is 10.8 Å². The number of nitrogens with two attached hydrogens (primary N) is 1. The van der Waals surface area contributed by atoms with Gasteiger partial charge in [0.15, 0.2) is 0 Å². The van der Waals surface area contributed by atoms with E-state index in [2.05, 4.69) is 50.2 Å². The molecule has 0 aliphatic carbocycles. The molecule has 0 bridgehead atoms. The summed E-state index contributed by atoms with van der Waals surface area (Å²) in [5.74, 6) is 0.991. The Labute approximate surface area is 115 Å². The Morgan fingerprint density at radius 2 is 1.95 bits per heavy atom. The van der Waals surface area contributed by atoms with Gasteiger partial charge in [-0.3, -0.25) is 0 Å². The van der Waals surface area contributed by atoms with Crippen molar-refractivity contribution in [3.05, 3.63) is 42.0 Å². The van der Waals surface area contributed by atoms with Gasteiger partial charge in [-0.2, -0.15) is 0 Å². The third-order valence-electron chi connectivity index (χ3n) is 3.42. The molecule has 2 rings (SSSR count). The normalized spacial score (nSPS) is 12.6. The molecule has 0 saturated heterocycles. The fourth-order valence-corrected chi connectivity index (χ4v) is 2.51. The third kappa shape index (κ3) is 3.27. The summed E-state index contributed by atoms with van der Waals surface area (Å²) in [6.45, 7) is 4.96. The number of hydrogen-bond donors (Lipinski definition) is 1. The quantitative estimate of drug-likeness (QED) is 0.851. The van der Waals surface area contributed by atoms with Crippen molar-refractivity contribution in [2.75, 3.05) is 6.54 Å². The highest BCUT2D eigenvalue weighted by Gasteiger charge is 2.10. The minimum atomic E-state index is 0.252. The Morgan fingerprint density at radius 3 is 2.68 bits per heavy atom. The van der Waals surface area contributed by atoms with Crippen molar-refractivity contribution in [1.82, 2.24) is 0 Å². The first-order chi connectivity index (χ1) is 9.26. The van der Waals surface area contributed by atoms with E-state index in [0.717, 1.165) is 25.0 Å². The SMILES string of the molecule is CCCC(C)Oc1ccc2ccccc2c1CCN. The third-order valence-corrected chi connectivity index (χ3v) is 3.42. The van der Waals surface area contributed by atoms with Gasteiger partial charge in [-0.15, -0.1) is 0 Å². The number of benzene rings is 2. The number of ether oxygens (including phenoxy) is 1. The van der Waals surface area contributed by atoms with E-state index in [-0.39, 0.29) is 6.10 Å². The summed E-state index contributed by atoms with van der Waals surface area (Å²) in [6.07, 6.45) is 3.33. The first-order valence-electron chi connectivity index (χ1n) is 7.13. The van der Waals surface area contributed by atoms with Gasteiger partial charge in [0.05, 0.1) is 6.10 Å². The maximum Gasteiger partial charge on any atom is 0.123 e. The van der Waals surface area contributed by atoms with Crippen LogP contribution in [-0.2, 0) is 6.42 Å². The molecule has 0 aromatic heterocycles. The molecule has 0 amide bonds. The van der Waals surface area contributed by atoms with Gasteiger partial charge < -0.3 is 10.5 Å². The zero-order valence-corrected chi connectivity index (χ0v) is 11.9. The lowest BCUT2D eigenvalue weighted by atomic mass is 10.0. The molecule has 1 atom stereocenters. The zero-order chi connectivity index (χ0) is 13.7. The highest BCUT2D eigenvalue weighted by atomic mass is 16.5. The molecule has 0 radical (unpaired) electrons. The van der Waals surface area contributed by atoms with Crippen LogP contribution in [0, 0.1) is 0 Å². The first-order valence-corrected chi connectivity index (χ1v) is 7.13. The van der Waals surface area contributed by atoms with Crippen LogP contribution in [0.2, 0.25) is 0 Å². The summed E-state index contributed by atoms with van der Waals surface area (Å²) < 4.78 is 6.09. The Bertz CT molecular complexity index is 536. The average molecular weight is 257 g/mol. The summed E-state index contributed by atoms with van der Waals surface area (Å²) in [5.41, 5.74) is 6.99. The molecule has 2 N–H and O–H groups in total. The van der Waals surface area contributed by atoms with Crippen molar-refractivity contribution in [3.63, 3.8) is 0 Å². The van der Waals surface area contributed by atoms with Crippen LogP contribution >= 0.6 is 0 Å². The molecule has 0 saturated carbocycles. The molecular formula is C17H23NO. The van der Waals surface area contributed by atoms with Crippen molar-refractivity contribution < 1.29 is 4.74 Å². The lowest BCUT2D eigenvalue weighted by molar-refractivity contribution is 0.208. The maximum atomic E-state index is 6.09. The van der Waals surface area contributed by atoms with Crippen LogP contribution in [0.3, 0.4) is 0 Å². The van der Waals surface area contributed by atoms with Gasteiger partial charge >= 0.3 is 0 Å². The minimum absolute atomic E-state index is 0.252. The molecular weight excluding hydrogens is 234 g/mol. The summed E-state index contributed by atoms with van der Waals surface area (Å²) in [7, 11) is 0. The molecule has 1 unspecified atom stereocenters. The van der Waals surface area contributed by atoms with Crippen molar-refractivity contribution in [1.29, 1.82) is 0 Å². The molecule has 0 aliphatic heterocycles. The molecule has 0 fully saturated rings. The highest BCUT2D eigenvalue weighted by molar-refractivity contribution is 5.87. The highest BCUT2D eigenvalue weighted by Crippen LogP contribution is 2.29. The molecule has 2 nitrogen and oxygen atoms in total. The Kier molecular flexibility index (Phi) is 4.80. The lowest BCUT2D eigenvalue weighted by Crippen LogP contribution is -2.13. The van der Waals surface area contributed by atoms with Gasteiger partial charge in [-0.05, 0) is 43.1 Å². The lowest BCUT2D eigenvalue weighted by Gasteiger charge is -2.18.